The maximum Gasteiger partial charge on any atom is 0.229 e. The molecule has 0 aromatic rings. The molecule has 0 aliphatic carbocycles. The first-order valence-corrected chi connectivity index (χ1v) is 6.80. The standard InChI is InChI=1S/C13H25N3O/c1-13(2)10-15-6-7-16(12(13)17)9-11-4-3-5-14-8-11/h11,14-15H,3-10H2,1-2H3. The van der Waals surface area contributed by atoms with Gasteiger partial charge in [-0.1, -0.05) is 0 Å². The van der Waals surface area contributed by atoms with Gasteiger partial charge in [0.1, 0.15) is 0 Å². The second-order valence-electron chi connectivity index (χ2n) is 6.02. The van der Waals surface area contributed by atoms with Crippen LogP contribution in [0.5, 0.6) is 0 Å². The summed E-state index contributed by atoms with van der Waals surface area (Å²) in [6.07, 6.45) is 2.50. The summed E-state index contributed by atoms with van der Waals surface area (Å²) in [7, 11) is 0. The zero-order valence-electron chi connectivity index (χ0n) is 11.1. The summed E-state index contributed by atoms with van der Waals surface area (Å²) in [5, 5.41) is 6.78. The summed E-state index contributed by atoms with van der Waals surface area (Å²) < 4.78 is 0. The molecule has 1 unspecified atom stereocenters. The molecule has 17 heavy (non-hydrogen) atoms. The predicted octanol–water partition coefficient (Wildman–Crippen LogP) is 0.444. The van der Waals surface area contributed by atoms with Gasteiger partial charge >= 0.3 is 0 Å². The fourth-order valence-corrected chi connectivity index (χ4v) is 2.79. The maximum absolute atomic E-state index is 12.4. The fourth-order valence-electron chi connectivity index (χ4n) is 2.79. The molecule has 2 rings (SSSR count). The highest BCUT2D eigenvalue weighted by Crippen LogP contribution is 2.21. The number of carbonyl (C=O) groups excluding carboxylic acids is 1. The topological polar surface area (TPSA) is 44.4 Å². The number of carbonyl (C=O) groups is 1. The quantitative estimate of drug-likeness (QED) is 0.735. The van der Waals surface area contributed by atoms with Crippen molar-refractivity contribution in [1.29, 1.82) is 0 Å². The molecular formula is C13H25N3O. The molecule has 0 aromatic carbocycles. The molecule has 4 heteroatoms. The van der Waals surface area contributed by atoms with Crippen LogP contribution in [-0.2, 0) is 4.79 Å². The zero-order chi connectivity index (χ0) is 12.3. The number of nitrogens with zero attached hydrogens (tertiary/aromatic N) is 1. The minimum atomic E-state index is -0.251. The highest BCUT2D eigenvalue weighted by atomic mass is 16.2. The summed E-state index contributed by atoms with van der Waals surface area (Å²) >= 11 is 0. The second kappa shape index (κ2) is 5.36. The smallest absolute Gasteiger partial charge is 0.229 e. The lowest BCUT2D eigenvalue weighted by atomic mass is 9.91. The normalized spacial score (nSPS) is 30.1. The molecule has 2 saturated heterocycles. The number of amides is 1. The van der Waals surface area contributed by atoms with Gasteiger partial charge in [0.2, 0.25) is 5.91 Å². The van der Waals surface area contributed by atoms with Crippen LogP contribution in [0.3, 0.4) is 0 Å². The highest BCUT2D eigenvalue weighted by Gasteiger charge is 2.34. The van der Waals surface area contributed by atoms with Crippen LogP contribution in [0.2, 0.25) is 0 Å². The van der Waals surface area contributed by atoms with E-state index in [-0.39, 0.29) is 5.41 Å². The SMILES string of the molecule is CC1(C)CNCCN(CC2CCCNC2)C1=O. The third-order valence-electron chi connectivity index (χ3n) is 3.87. The average Bonchev–Trinajstić information content (AvgIpc) is 2.44. The van der Waals surface area contributed by atoms with Crippen molar-refractivity contribution < 1.29 is 4.79 Å². The van der Waals surface area contributed by atoms with E-state index in [0.29, 0.717) is 11.8 Å². The highest BCUT2D eigenvalue weighted by molar-refractivity contribution is 5.82. The van der Waals surface area contributed by atoms with Crippen LogP contribution in [0.1, 0.15) is 26.7 Å². The second-order valence-corrected chi connectivity index (χ2v) is 6.02. The molecule has 2 aliphatic heterocycles. The lowest BCUT2D eigenvalue weighted by Gasteiger charge is -2.33. The van der Waals surface area contributed by atoms with E-state index >= 15 is 0 Å². The molecule has 1 atom stereocenters. The van der Waals surface area contributed by atoms with Crippen molar-refractivity contribution in [2.45, 2.75) is 26.7 Å². The minimum Gasteiger partial charge on any atom is -0.341 e. The first kappa shape index (κ1) is 12.8. The summed E-state index contributed by atoms with van der Waals surface area (Å²) in [6.45, 7) is 9.80. The average molecular weight is 239 g/mol. The number of nitrogens with one attached hydrogen (secondary N) is 2. The van der Waals surface area contributed by atoms with E-state index in [9.17, 15) is 4.79 Å². The molecule has 4 nitrogen and oxygen atoms in total. The Labute approximate surface area is 104 Å². The Hall–Kier alpha value is -0.610. The van der Waals surface area contributed by atoms with Crippen molar-refractivity contribution in [2.24, 2.45) is 11.3 Å². The zero-order valence-corrected chi connectivity index (χ0v) is 11.1. The molecule has 1 amide bonds. The molecule has 0 spiro atoms. The molecule has 2 aliphatic rings. The van der Waals surface area contributed by atoms with E-state index < -0.39 is 0 Å². The number of piperidine rings is 1. The van der Waals surface area contributed by atoms with Gasteiger partial charge in [-0.2, -0.15) is 0 Å². The largest absolute Gasteiger partial charge is 0.341 e. The van der Waals surface area contributed by atoms with Crippen molar-refractivity contribution in [3.8, 4) is 0 Å². The van der Waals surface area contributed by atoms with Crippen molar-refractivity contribution in [2.75, 3.05) is 39.3 Å². The fraction of sp³-hybridized carbons (Fsp3) is 0.923. The van der Waals surface area contributed by atoms with Crippen molar-refractivity contribution in [1.82, 2.24) is 15.5 Å². The summed E-state index contributed by atoms with van der Waals surface area (Å²) in [4.78, 5) is 14.5. The Morgan fingerprint density at radius 2 is 2.18 bits per heavy atom. The van der Waals surface area contributed by atoms with Crippen molar-refractivity contribution in [3.63, 3.8) is 0 Å². The third kappa shape index (κ3) is 3.19. The van der Waals surface area contributed by atoms with Crippen LogP contribution in [0.4, 0.5) is 0 Å². The third-order valence-corrected chi connectivity index (χ3v) is 3.87. The molecule has 2 N–H and O–H groups in total. The van der Waals surface area contributed by atoms with Crippen LogP contribution in [0.15, 0.2) is 0 Å². The predicted molar refractivity (Wildman–Crippen MR) is 68.8 cm³/mol. The van der Waals surface area contributed by atoms with E-state index in [2.05, 4.69) is 15.5 Å². The Balaban J connectivity index is 1.95. The van der Waals surface area contributed by atoms with Gasteiger partial charge in [-0.15, -0.1) is 0 Å². The Kier molecular flexibility index (Phi) is 4.05. The number of hydrogen-bond donors (Lipinski definition) is 2. The minimum absolute atomic E-state index is 0.251. The molecule has 0 aromatic heterocycles. The summed E-state index contributed by atoms with van der Waals surface area (Å²) in [6, 6.07) is 0. The first-order chi connectivity index (χ1) is 8.09. The Morgan fingerprint density at radius 1 is 1.35 bits per heavy atom. The van der Waals surface area contributed by atoms with E-state index in [0.717, 1.165) is 39.3 Å². The van der Waals surface area contributed by atoms with Crippen LogP contribution in [0.25, 0.3) is 0 Å². The van der Waals surface area contributed by atoms with Crippen molar-refractivity contribution >= 4 is 5.91 Å². The Bertz CT molecular complexity index is 272. The van der Waals surface area contributed by atoms with Gasteiger partial charge in [-0.3, -0.25) is 4.79 Å². The van der Waals surface area contributed by atoms with Gasteiger partial charge in [0.05, 0.1) is 5.41 Å². The molecular weight excluding hydrogens is 214 g/mol. The molecule has 98 valence electrons. The van der Waals surface area contributed by atoms with E-state index in [4.69, 9.17) is 0 Å². The van der Waals surface area contributed by atoms with Gasteiger partial charge in [-0.05, 0) is 45.7 Å². The lowest BCUT2D eigenvalue weighted by Crippen LogP contribution is -2.46. The Morgan fingerprint density at radius 3 is 2.88 bits per heavy atom. The van der Waals surface area contributed by atoms with Crippen LogP contribution < -0.4 is 10.6 Å². The number of rotatable bonds is 2. The number of hydrogen-bond acceptors (Lipinski definition) is 3. The molecule has 0 saturated carbocycles. The van der Waals surface area contributed by atoms with Crippen molar-refractivity contribution in [3.05, 3.63) is 0 Å². The van der Waals surface area contributed by atoms with Gasteiger partial charge in [0.15, 0.2) is 0 Å². The first-order valence-electron chi connectivity index (χ1n) is 6.80. The van der Waals surface area contributed by atoms with Gasteiger partial charge in [-0.25, -0.2) is 0 Å². The van der Waals surface area contributed by atoms with Gasteiger partial charge in [0.25, 0.3) is 0 Å². The summed E-state index contributed by atoms with van der Waals surface area (Å²) in [5.41, 5.74) is -0.251. The maximum atomic E-state index is 12.4. The van der Waals surface area contributed by atoms with Gasteiger partial charge < -0.3 is 15.5 Å². The van der Waals surface area contributed by atoms with Crippen LogP contribution in [-0.4, -0.2) is 50.1 Å². The van der Waals surface area contributed by atoms with E-state index in [1.165, 1.54) is 12.8 Å². The monoisotopic (exact) mass is 239 g/mol. The molecule has 2 fully saturated rings. The van der Waals surface area contributed by atoms with Crippen LogP contribution >= 0.6 is 0 Å². The van der Waals surface area contributed by atoms with E-state index in [1.54, 1.807) is 0 Å². The molecule has 0 bridgehead atoms. The molecule has 0 radical (unpaired) electrons. The van der Waals surface area contributed by atoms with Gasteiger partial charge in [0, 0.05) is 26.2 Å². The summed E-state index contributed by atoms with van der Waals surface area (Å²) in [5.74, 6) is 0.953. The van der Waals surface area contributed by atoms with E-state index in [1.807, 2.05) is 13.8 Å². The van der Waals surface area contributed by atoms with Crippen LogP contribution in [0, 0.1) is 11.3 Å². The lowest BCUT2D eigenvalue weighted by molar-refractivity contribution is -0.139. The molecule has 2 heterocycles.